The van der Waals surface area contributed by atoms with Crippen molar-refractivity contribution >= 4 is 17.5 Å². The van der Waals surface area contributed by atoms with Crippen molar-refractivity contribution in [2.45, 2.75) is 66.2 Å². The summed E-state index contributed by atoms with van der Waals surface area (Å²) in [5.74, 6) is -1.01. The van der Waals surface area contributed by atoms with Crippen molar-refractivity contribution in [3.8, 4) is 22.8 Å². The molecule has 0 bridgehead atoms. The smallest absolute Gasteiger partial charge is 0.275 e. The van der Waals surface area contributed by atoms with Crippen LogP contribution in [0.2, 0.25) is 0 Å². The summed E-state index contributed by atoms with van der Waals surface area (Å²) in [6.07, 6.45) is 4.70. The van der Waals surface area contributed by atoms with E-state index in [1.165, 1.54) is 6.07 Å². The van der Waals surface area contributed by atoms with Gasteiger partial charge in [-0.05, 0) is 37.3 Å². The van der Waals surface area contributed by atoms with Gasteiger partial charge in [-0.25, -0.2) is 0 Å². The Hall–Kier alpha value is -3.03. The first-order chi connectivity index (χ1) is 14.3. The Morgan fingerprint density at radius 2 is 1.84 bits per heavy atom. The van der Waals surface area contributed by atoms with E-state index in [1.54, 1.807) is 13.0 Å². The number of anilines is 1. The van der Waals surface area contributed by atoms with Crippen LogP contribution in [0.3, 0.4) is 0 Å². The molecule has 0 spiro atoms. The second-order valence-corrected chi connectivity index (χ2v) is 8.00. The Labute approximate surface area is 183 Å². The van der Waals surface area contributed by atoms with Crippen LogP contribution in [0.25, 0.3) is 11.3 Å². The topological polar surface area (TPSA) is 125 Å². The highest BCUT2D eigenvalue weighted by Crippen LogP contribution is 2.42. The lowest BCUT2D eigenvalue weighted by Crippen LogP contribution is -2.28. The second kappa shape index (κ2) is 10.3. The van der Waals surface area contributed by atoms with Crippen LogP contribution in [0.4, 0.5) is 5.69 Å². The third-order valence-electron chi connectivity index (χ3n) is 5.48. The summed E-state index contributed by atoms with van der Waals surface area (Å²) < 4.78 is 5.43. The molecule has 170 valence electrons. The molecule has 1 aliphatic carbocycles. The van der Waals surface area contributed by atoms with Gasteiger partial charge in [-0.1, -0.05) is 45.7 Å². The average molecular weight is 432 g/mol. The standard InChI is InChI=1S/C22H29N3O5.CH4/c1-4-23-22(29)19-18(24-21(28)13-8-6-5-7-9-13)20(30-25-19)15-10-14(12(2)3)16(26)11-17(15)27;/h10-13,26-27H,4-9H2,1-3H3,(H,23,29)(H,24,28);1H4. The number of aromatic nitrogens is 1. The highest BCUT2D eigenvalue weighted by Gasteiger charge is 2.29. The molecule has 3 rings (SSSR count). The van der Waals surface area contributed by atoms with Crippen LogP contribution >= 0.6 is 0 Å². The third kappa shape index (κ3) is 5.18. The highest BCUT2D eigenvalue weighted by molar-refractivity contribution is 6.06. The first-order valence-electron chi connectivity index (χ1n) is 10.5. The lowest BCUT2D eigenvalue weighted by Gasteiger charge is -2.21. The van der Waals surface area contributed by atoms with Gasteiger partial charge >= 0.3 is 0 Å². The molecule has 8 heteroatoms. The van der Waals surface area contributed by atoms with E-state index in [4.69, 9.17) is 4.52 Å². The zero-order valence-electron chi connectivity index (χ0n) is 17.6. The van der Waals surface area contributed by atoms with E-state index in [0.717, 1.165) is 32.1 Å². The first kappa shape index (κ1) is 24.2. The van der Waals surface area contributed by atoms with Gasteiger partial charge < -0.3 is 25.4 Å². The first-order valence-corrected chi connectivity index (χ1v) is 10.5. The molecule has 0 aliphatic heterocycles. The van der Waals surface area contributed by atoms with E-state index in [0.29, 0.717) is 12.1 Å². The van der Waals surface area contributed by atoms with Gasteiger partial charge in [-0.2, -0.15) is 0 Å². The fourth-order valence-corrected chi connectivity index (χ4v) is 3.82. The Bertz CT molecular complexity index is 930. The fraction of sp³-hybridized carbons (Fsp3) is 0.522. The number of nitrogens with zero attached hydrogens (tertiary/aromatic N) is 1. The number of phenolic OH excluding ortho intramolecular Hbond substituents is 2. The van der Waals surface area contributed by atoms with Crippen molar-refractivity contribution in [1.29, 1.82) is 0 Å². The number of carbonyl (C=O) groups excluding carboxylic acids is 2. The van der Waals surface area contributed by atoms with E-state index < -0.39 is 5.91 Å². The van der Waals surface area contributed by atoms with Crippen LogP contribution < -0.4 is 10.6 Å². The molecule has 2 aromatic rings. The molecule has 1 saturated carbocycles. The molecule has 1 aliphatic rings. The van der Waals surface area contributed by atoms with Crippen LogP contribution in [0.15, 0.2) is 16.7 Å². The summed E-state index contributed by atoms with van der Waals surface area (Å²) in [5.41, 5.74) is 0.934. The number of rotatable bonds is 6. The van der Waals surface area contributed by atoms with E-state index in [2.05, 4.69) is 15.8 Å². The molecule has 8 nitrogen and oxygen atoms in total. The van der Waals surface area contributed by atoms with Crippen LogP contribution in [0.1, 0.15) is 82.3 Å². The van der Waals surface area contributed by atoms with Crippen molar-refractivity contribution in [1.82, 2.24) is 10.5 Å². The number of hydrogen-bond donors (Lipinski definition) is 4. The predicted octanol–water partition coefficient (Wildman–Crippen LogP) is 4.78. The minimum absolute atomic E-state index is 0. The number of aromatic hydroxyl groups is 2. The van der Waals surface area contributed by atoms with Gasteiger partial charge in [0.15, 0.2) is 11.5 Å². The third-order valence-corrected chi connectivity index (χ3v) is 5.48. The van der Waals surface area contributed by atoms with Crippen LogP contribution in [0.5, 0.6) is 11.5 Å². The van der Waals surface area contributed by atoms with Crippen molar-refractivity contribution in [2.24, 2.45) is 5.92 Å². The van der Waals surface area contributed by atoms with Crippen LogP contribution in [-0.2, 0) is 4.79 Å². The molecule has 31 heavy (non-hydrogen) atoms. The minimum atomic E-state index is -0.478. The molecule has 1 heterocycles. The Morgan fingerprint density at radius 1 is 1.16 bits per heavy atom. The van der Waals surface area contributed by atoms with Gasteiger partial charge in [0, 0.05) is 18.5 Å². The normalized spacial score (nSPS) is 14.2. The molecule has 1 aromatic carbocycles. The number of carbonyl (C=O) groups is 2. The molecular formula is C23H33N3O5. The van der Waals surface area contributed by atoms with Crippen molar-refractivity contribution in [3.05, 3.63) is 23.4 Å². The van der Waals surface area contributed by atoms with Gasteiger partial charge in [-0.3, -0.25) is 9.59 Å². The number of hydrogen-bond acceptors (Lipinski definition) is 6. The maximum absolute atomic E-state index is 12.9. The van der Waals surface area contributed by atoms with Gasteiger partial charge in [0.1, 0.15) is 17.2 Å². The summed E-state index contributed by atoms with van der Waals surface area (Å²) in [7, 11) is 0. The largest absolute Gasteiger partial charge is 0.508 e. The van der Waals surface area contributed by atoms with Gasteiger partial charge in [0.25, 0.3) is 5.91 Å². The second-order valence-electron chi connectivity index (χ2n) is 8.00. The monoisotopic (exact) mass is 431 g/mol. The molecule has 1 aromatic heterocycles. The van der Waals surface area contributed by atoms with E-state index >= 15 is 0 Å². The molecule has 0 unspecified atom stereocenters. The Morgan fingerprint density at radius 3 is 2.45 bits per heavy atom. The Balaban J connectivity index is 0.00000341. The number of phenols is 2. The molecule has 0 saturated heterocycles. The average Bonchev–Trinajstić information content (AvgIpc) is 3.12. The summed E-state index contributed by atoms with van der Waals surface area (Å²) in [4.78, 5) is 25.4. The highest BCUT2D eigenvalue weighted by atomic mass is 16.5. The van der Waals surface area contributed by atoms with E-state index in [1.807, 2.05) is 13.8 Å². The quantitative estimate of drug-likeness (QED) is 0.522. The fourth-order valence-electron chi connectivity index (χ4n) is 3.82. The van der Waals surface area contributed by atoms with Crippen molar-refractivity contribution in [2.75, 3.05) is 11.9 Å². The molecule has 0 atom stereocenters. The van der Waals surface area contributed by atoms with Crippen LogP contribution in [0, 0.1) is 5.92 Å². The maximum Gasteiger partial charge on any atom is 0.275 e. The SMILES string of the molecule is C.CCNC(=O)c1noc(-c2cc(C(C)C)c(O)cc2O)c1NC(=O)C1CCCCC1. The van der Waals surface area contributed by atoms with Crippen LogP contribution in [-0.4, -0.2) is 33.7 Å². The lowest BCUT2D eigenvalue weighted by molar-refractivity contribution is -0.120. The molecule has 4 N–H and O–H groups in total. The van der Waals surface area contributed by atoms with Gasteiger partial charge in [0.2, 0.25) is 5.91 Å². The van der Waals surface area contributed by atoms with E-state index in [9.17, 15) is 19.8 Å². The lowest BCUT2D eigenvalue weighted by atomic mass is 9.88. The number of benzene rings is 1. The molecule has 2 amide bonds. The van der Waals surface area contributed by atoms with Crippen molar-refractivity contribution in [3.63, 3.8) is 0 Å². The van der Waals surface area contributed by atoms with Gasteiger partial charge in [-0.15, -0.1) is 0 Å². The molecule has 0 radical (unpaired) electrons. The predicted molar refractivity (Wildman–Crippen MR) is 119 cm³/mol. The minimum Gasteiger partial charge on any atom is -0.508 e. The maximum atomic E-state index is 12.9. The summed E-state index contributed by atoms with van der Waals surface area (Å²) in [6, 6.07) is 2.82. The summed E-state index contributed by atoms with van der Waals surface area (Å²) in [5, 5.41) is 29.9. The number of nitrogens with one attached hydrogen (secondary N) is 2. The zero-order chi connectivity index (χ0) is 21.8. The van der Waals surface area contributed by atoms with Gasteiger partial charge in [0.05, 0.1) is 5.56 Å². The summed E-state index contributed by atoms with van der Waals surface area (Å²) in [6.45, 7) is 5.98. The number of amides is 2. The van der Waals surface area contributed by atoms with Crippen molar-refractivity contribution < 1.29 is 24.3 Å². The zero-order valence-corrected chi connectivity index (χ0v) is 17.6. The summed E-state index contributed by atoms with van der Waals surface area (Å²) >= 11 is 0. The Kier molecular flexibility index (Phi) is 8.08. The molecular weight excluding hydrogens is 398 g/mol. The van der Waals surface area contributed by atoms with E-state index in [-0.39, 0.29) is 59.4 Å². The molecule has 1 fully saturated rings.